The topological polar surface area (TPSA) is 86.9 Å². The van der Waals surface area contributed by atoms with Crippen molar-refractivity contribution in [2.45, 2.75) is 69.9 Å². The van der Waals surface area contributed by atoms with E-state index in [-0.39, 0.29) is 30.7 Å². The van der Waals surface area contributed by atoms with Crippen molar-refractivity contribution in [3.8, 4) is 0 Å². The highest BCUT2D eigenvalue weighted by atomic mass is 16.2. The zero-order valence-corrected chi connectivity index (χ0v) is 12.9. The number of aromatic nitrogens is 2. The average Bonchev–Trinajstić information content (AvgIpc) is 3.15. The number of fused-ring (bicyclic) bond motifs is 1. The summed E-state index contributed by atoms with van der Waals surface area (Å²) < 4.78 is 0. The van der Waals surface area contributed by atoms with Gasteiger partial charge in [0, 0.05) is 37.0 Å². The number of carbonyl (C=O) groups is 2. The third-order valence-electron chi connectivity index (χ3n) is 4.68. The number of nitrogens with one attached hydrogen (secondary N) is 3. The molecule has 1 atom stereocenters. The summed E-state index contributed by atoms with van der Waals surface area (Å²) in [6, 6.07) is 0.478. The lowest BCUT2D eigenvalue weighted by Crippen LogP contribution is -2.39. The first-order chi connectivity index (χ1) is 10.7. The molecule has 1 fully saturated rings. The molecule has 0 spiro atoms. The van der Waals surface area contributed by atoms with Crippen LogP contribution in [0.25, 0.3) is 0 Å². The number of H-pyrrole nitrogens is 1. The predicted octanol–water partition coefficient (Wildman–Crippen LogP) is 1.22. The number of aryl methyl sites for hydroxylation is 1. The maximum Gasteiger partial charge on any atom is 0.220 e. The first-order valence-corrected chi connectivity index (χ1v) is 8.30. The Balaban J connectivity index is 1.37. The van der Waals surface area contributed by atoms with Crippen LogP contribution < -0.4 is 10.6 Å². The Morgan fingerprint density at radius 2 is 1.77 bits per heavy atom. The van der Waals surface area contributed by atoms with Crippen LogP contribution in [0.15, 0.2) is 6.20 Å². The molecule has 1 saturated carbocycles. The van der Waals surface area contributed by atoms with Gasteiger partial charge in [-0.2, -0.15) is 5.10 Å². The van der Waals surface area contributed by atoms with Gasteiger partial charge in [0.2, 0.25) is 11.8 Å². The molecule has 0 aliphatic heterocycles. The smallest absolute Gasteiger partial charge is 0.220 e. The lowest BCUT2D eigenvalue weighted by molar-refractivity contribution is -0.127. The number of aromatic amines is 1. The molecule has 3 N–H and O–H groups in total. The lowest BCUT2D eigenvalue weighted by Gasteiger charge is -2.22. The van der Waals surface area contributed by atoms with Crippen molar-refractivity contribution < 1.29 is 9.59 Å². The number of nitrogens with zero attached hydrogens (tertiary/aromatic N) is 1. The van der Waals surface area contributed by atoms with Gasteiger partial charge in [0.05, 0.1) is 6.20 Å². The standard InChI is InChI=1S/C16H24N4O2/c21-15(18-12-3-1-2-4-12)7-8-16(22)19-13-6-5-11-10-17-20-14(11)9-13/h10,12-13H,1-9H2,(H,17,20)(H,18,21)(H,19,22). The fourth-order valence-corrected chi connectivity index (χ4v) is 3.43. The van der Waals surface area contributed by atoms with E-state index in [1.165, 1.54) is 18.4 Å². The van der Waals surface area contributed by atoms with Crippen molar-refractivity contribution in [2.24, 2.45) is 0 Å². The van der Waals surface area contributed by atoms with Crippen molar-refractivity contribution in [2.75, 3.05) is 0 Å². The summed E-state index contributed by atoms with van der Waals surface area (Å²) in [5, 5.41) is 13.1. The molecule has 1 aromatic heterocycles. The van der Waals surface area contributed by atoms with Crippen LogP contribution in [0.4, 0.5) is 0 Å². The highest BCUT2D eigenvalue weighted by Gasteiger charge is 2.22. The molecule has 0 saturated heterocycles. The second kappa shape index (κ2) is 6.94. The van der Waals surface area contributed by atoms with Crippen LogP contribution in [0, 0.1) is 0 Å². The van der Waals surface area contributed by atoms with E-state index in [1.807, 2.05) is 6.20 Å². The monoisotopic (exact) mass is 304 g/mol. The Morgan fingerprint density at radius 1 is 1.09 bits per heavy atom. The maximum atomic E-state index is 12.0. The van der Waals surface area contributed by atoms with Crippen molar-refractivity contribution in [1.82, 2.24) is 20.8 Å². The van der Waals surface area contributed by atoms with Gasteiger partial charge in [-0.1, -0.05) is 12.8 Å². The molecule has 2 aliphatic rings. The van der Waals surface area contributed by atoms with Gasteiger partial charge < -0.3 is 10.6 Å². The molecule has 0 radical (unpaired) electrons. The van der Waals surface area contributed by atoms with Crippen LogP contribution in [0.2, 0.25) is 0 Å². The van der Waals surface area contributed by atoms with Crippen molar-refractivity contribution in [3.63, 3.8) is 0 Å². The van der Waals surface area contributed by atoms with Crippen LogP contribution in [-0.4, -0.2) is 34.1 Å². The van der Waals surface area contributed by atoms with E-state index < -0.39 is 0 Å². The summed E-state index contributed by atoms with van der Waals surface area (Å²) in [5.74, 6) is -0.0314. The SMILES string of the molecule is O=C(CCC(=O)NC1CCc2cn[nH]c2C1)NC1CCCC1. The van der Waals surface area contributed by atoms with Gasteiger partial charge in [0.15, 0.2) is 0 Å². The van der Waals surface area contributed by atoms with Crippen molar-refractivity contribution in [1.29, 1.82) is 0 Å². The molecule has 120 valence electrons. The van der Waals surface area contributed by atoms with E-state index >= 15 is 0 Å². The fraction of sp³-hybridized carbons (Fsp3) is 0.688. The summed E-state index contributed by atoms with van der Waals surface area (Å²) in [5.41, 5.74) is 2.37. The molecule has 1 aromatic rings. The highest BCUT2D eigenvalue weighted by Crippen LogP contribution is 2.19. The molecule has 6 heteroatoms. The van der Waals surface area contributed by atoms with E-state index in [4.69, 9.17) is 0 Å². The maximum absolute atomic E-state index is 12.0. The summed E-state index contributed by atoms with van der Waals surface area (Å²) in [4.78, 5) is 23.8. The molecule has 3 rings (SSSR count). The zero-order chi connectivity index (χ0) is 15.4. The van der Waals surface area contributed by atoms with Crippen LogP contribution in [0.5, 0.6) is 0 Å². The number of carbonyl (C=O) groups excluding carboxylic acids is 2. The zero-order valence-electron chi connectivity index (χ0n) is 12.9. The molecular weight excluding hydrogens is 280 g/mol. The second-order valence-electron chi connectivity index (χ2n) is 6.43. The van der Waals surface area contributed by atoms with Gasteiger partial charge in [0.25, 0.3) is 0 Å². The third-order valence-corrected chi connectivity index (χ3v) is 4.68. The molecule has 0 bridgehead atoms. The minimum Gasteiger partial charge on any atom is -0.353 e. The molecule has 1 unspecified atom stereocenters. The average molecular weight is 304 g/mol. The number of amides is 2. The fourth-order valence-electron chi connectivity index (χ4n) is 3.43. The normalized spacial score (nSPS) is 21.4. The van der Waals surface area contributed by atoms with Gasteiger partial charge in [0.1, 0.15) is 0 Å². The van der Waals surface area contributed by atoms with Gasteiger partial charge in [-0.15, -0.1) is 0 Å². The first-order valence-electron chi connectivity index (χ1n) is 8.30. The molecule has 2 aliphatic carbocycles. The third kappa shape index (κ3) is 3.87. The van der Waals surface area contributed by atoms with Crippen LogP contribution in [0.3, 0.4) is 0 Å². The van der Waals surface area contributed by atoms with Crippen molar-refractivity contribution in [3.05, 3.63) is 17.5 Å². The van der Waals surface area contributed by atoms with E-state index in [0.29, 0.717) is 6.04 Å². The van der Waals surface area contributed by atoms with E-state index in [1.54, 1.807) is 0 Å². The minimum atomic E-state index is -0.0328. The molecular formula is C16H24N4O2. The molecule has 0 aromatic carbocycles. The summed E-state index contributed by atoms with van der Waals surface area (Å²) in [6.07, 6.45) is 9.64. The molecule has 1 heterocycles. The summed E-state index contributed by atoms with van der Waals surface area (Å²) >= 11 is 0. The van der Waals surface area contributed by atoms with E-state index in [0.717, 1.165) is 37.8 Å². The van der Waals surface area contributed by atoms with E-state index in [9.17, 15) is 9.59 Å². The largest absolute Gasteiger partial charge is 0.353 e. The Hall–Kier alpha value is -1.85. The predicted molar refractivity (Wildman–Crippen MR) is 82.2 cm³/mol. The van der Waals surface area contributed by atoms with Gasteiger partial charge >= 0.3 is 0 Å². The highest BCUT2D eigenvalue weighted by molar-refractivity contribution is 5.84. The Labute approximate surface area is 130 Å². The Morgan fingerprint density at radius 3 is 2.50 bits per heavy atom. The summed E-state index contributed by atoms with van der Waals surface area (Å²) in [6.45, 7) is 0. The lowest BCUT2D eigenvalue weighted by atomic mass is 9.93. The van der Waals surface area contributed by atoms with Crippen LogP contribution in [-0.2, 0) is 22.4 Å². The van der Waals surface area contributed by atoms with Crippen LogP contribution in [0.1, 0.15) is 56.2 Å². The quantitative estimate of drug-likeness (QED) is 0.764. The summed E-state index contributed by atoms with van der Waals surface area (Å²) in [7, 11) is 0. The second-order valence-corrected chi connectivity index (χ2v) is 6.43. The first kappa shape index (κ1) is 15.1. The minimum absolute atomic E-state index is 0.00143. The molecule has 2 amide bonds. The number of hydrogen-bond donors (Lipinski definition) is 3. The van der Waals surface area contributed by atoms with Gasteiger partial charge in [-0.25, -0.2) is 0 Å². The molecule has 6 nitrogen and oxygen atoms in total. The number of hydrogen-bond acceptors (Lipinski definition) is 3. The Bertz CT molecular complexity index is 534. The number of rotatable bonds is 5. The van der Waals surface area contributed by atoms with E-state index in [2.05, 4.69) is 20.8 Å². The van der Waals surface area contributed by atoms with Crippen LogP contribution >= 0.6 is 0 Å². The van der Waals surface area contributed by atoms with Gasteiger partial charge in [-0.05, 0) is 31.2 Å². The van der Waals surface area contributed by atoms with Gasteiger partial charge in [-0.3, -0.25) is 14.7 Å². The van der Waals surface area contributed by atoms with Crippen molar-refractivity contribution >= 4 is 11.8 Å². The molecule has 22 heavy (non-hydrogen) atoms. The Kier molecular flexibility index (Phi) is 4.75.